The van der Waals surface area contributed by atoms with E-state index >= 15 is 0 Å². The van der Waals surface area contributed by atoms with Gasteiger partial charge in [0.15, 0.2) is 5.78 Å². The smallest absolute Gasteiger partial charge is 0.193 e. The maximum Gasteiger partial charge on any atom is 0.193 e. The fraction of sp³-hybridized carbons (Fsp3) is 0.0385. The van der Waals surface area contributed by atoms with E-state index in [0.29, 0.717) is 11.1 Å². The Morgan fingerprint density at radius 1 is 0.704 bits per heavy atom. The highest BCUT2D eigenvalue weighted by Crippen LogP contribution is 2.49. The van der Waals surface area contributed by atoms with Crippen LogP contribution in [-0.4, -0.2) is 5.78 Å². The van der Waals surface area contributed by atoms with Gasteiger partial charge in [-0.05, 0) is 27.8 Å². The summed E-state index contributed by atoms with van der Waals surface area (Å²) >= 11 is 0. The van der Waals surface area contributed by atoms with Crippen LogP contribution >= 0.6 is 0 Å². The number of fused-ring (bicyclic) bond motifs is 3. The molecule has 0 atom stereocenters. The highest BCUT2D eigenvalue weighted by Gasteiger charge is 2.31. The third-order valence-corrected chi connectivity index (χ3v) is 5.16. The monoisotopic (exact) mass is 348 g/mol. The molecular weight excluding hydrogens is 328 g/mol. The van der Waals surface area contributed by atoms with Crippen molar-refractivity contribution in [1.29, 1.82) is 0 Å². The van der Waals surface area contributed by atoms with Crippen molar-refractivity contribution in [2.75, 3.05) is 0 Å². The lowest BCUT2D eigenvalue weighted by Gasteiger charge is -2.18. The molecule has 0 N–H and O–H groups in total. The molecule has 27 heavy (non-hydrogen) atoms. The molecule has 130 valence electrons. The number of ketones is 1. The zero-order chi connectivity index (χ0) is 18.8. The standard InChI is InChI=1S/C26H20O/c1-3-19(20(4-2)26(27)18-12-6-5-7-13-18)25-23-16-10-8-14-21(23)22-15-9-11-17-24(22)25/h3-17,25H,1-2H2/b20-19-. The molecule has 0 aromatic heterocycles. The molecule has 1 aliphatic carbocycles. The molecule has 0 heterocycles. The summed E-state index contributed by atoms with van der Waals surface area (Å²) in [5.41, 5.74) is 7.00. The Bertz CT molecular complexity index is 1020. The van der Waals surface area contributed by atoms with Crippen LogP contribution in [0.4, 0.5) is 0 Å². The van der Waals surface area contributed by atoms with Crippen molar-refractivity contribution in [3.8, 4) is 11.1 Å². The molecule has 0 aliphatic heterocycles. The minimum absolute atomic E-state index is 0.0180. The van der Waals surface area contributed by atoms with Gasteiger partial charge in [0.2, 0.25) is 0 Å². The van der Waals surface area contributed by atoms with Crippen molar-refractivity contribution < 1.29 is 4.79 Å². The number of carbonyl (C=O) groups excluding carboxylic acids is 1. The summed E-state index contributed by atoms with van der Waals surface area (Å²) in [6.07, 6.45) is 3.47. The van der Waals surface area contributed by atoms with Gasteiger partial charge in [-0.3, -0.25) is 4.79 Å². The first kappa shape index (κ1) is 17.0. The van der Waals surface area contributed by atoms with Gasteiger partial charge in [-0.1, -0.05) is 104 Å². The summed E-state index contributed by atoms with van der Waals surface area (Å²) in [6.45, 7) is 7.97. The molecule has 0 amide bonds. The van der Waals surface area contributed by atoms with Crippen molar-refractivity contribution in [2.45, 2.75) is 5.92 Å². The molecule has 1 aliphatic rings. The van der Waals surface area contributed by atoms with Gasteiger partial charge in [-0.15, -0.1) is 0 Å². The summed E-state index contributed by atoms with van der Waals surface area (Å²) < 4.78 is 0. The van der Waals surface area contributed by atoms with Gasteiger partial charge >= 0.3 is 0 Å². The van der Waals surface area contributed by atoms with Crippen molar-refractivity contribution in [1.82, 2.24) is 0 Å². The second-order valence-corrected chi connectivity index (χ2v) is 6.58. The molecule has 0 bridgehead atoms. The molecule has 1 nitrogen and oxygen atoms in total. The van der Waals surface area contributed by atoms with E-state index in [9.17, 15) is 4.79 Å². The van der Waals surface area contributed by atoms with Crippen LogP contribution in [0.5, 0.6) is 0 Å². The van der Waals surface area contributed by atoms with E-state index in [1.54, 1.807) is 12.2 Å². The number of Topliss-reactive ketones (excluding diaryl/α,β-unsaturated/α-hetero) is 1. The van der Waals surface area contributed by atoms with Crippen molar-refractivity contribution in [3.05, 3.63) is 132 Å². The van der Waals surface area contributed by atoms with E-state index in [4.69, 9.17) is 0 Å². The van der Waals surface area contributed by atoms with Crippen LogP contribution in [0.2, 0.25) is 0 Å². The summed E-state index contributed by atoms with van der Waals surface area (Å²) in [5, 5.41) is 0. The maximum atomic E-state index is 13.2. The molecule has 0 spiro atoms. The average Bonchev–Trinajstić information content (AvgIpc) is 3.06. The summed E-state index contributed by atoms with van der Waals surface area (Å²) in [7, 11) is 0. The molecule has 0 unspecified atom stereocenters. The van der Waals surface area contributed by atoms with Gasteiger partial charge in [0.05, 0.1) is 0 Å². The van der Waals surface area contributed by atoms with Crippen LogP contribution in [0.1, 0.15) is 27.4 Å². The Hall–Kier alpha value is -3.45. The lowest BCUT2D eigenvalue weighted by atomic mass is 9.84. The van der Waals surface area contributed by atoms with E-state index in [2.05, 4.69) is 49.6 Å². The van der Waals surface area contributed by atoms with E-state index in [1.807, 2.05) is 42.5 Å². The zero-order valence-electron chi connectivity index (χ0n) is 15.1. The topological polar surface area (TPSA) is 17.1 Å². The second-order valence-electron chi connectivity index (χ2n) is 6.58. The SMILES string of the molecule is C=C/C(C(=O)c1ccccc1)=C(\C=C)C1c2ccccc2-c2ccccc21. The predicted molar refractivity (Wildman–Crippen MR) is 112 cm³/mol. The van der Waals surface area contributed by atoms with E-state index in [-0.39, 0.29) is 11.7 Å². The molecule has 0 saturated heterocycles. The molecular formula is C26H20O. The van der Waals surface area contributed by atoms with Crippen LogP contribution in [0.25, 0.3) is 11.1 Å². The van der Waals surface area contributed by atoms with Crippen LogP contribution in [0, 0.1) is 0 Å². The van der Waals surface area contributed by atoms with Crippen LogP contribution in [0.3, 0.4) is 0 Å². The van der Waals surface area contributed by atoms with Crippen LogP contribution < -0.4 is 0 Å². The summed E-state index contributed by atoms with van der Waals surface area (Å²) in [6, 6.07) is 26.1. The normalized spacial score (nSPS) is 13.3. The van der Waals surface area contributed by atoms with Gasteiger partial charge in [-0.25, -0.2) is 0 Å². The minimum atomic E-state index is -0.0256. The predicted octanol–water partition coefficient (Wildman–Crippen LogP) is 6.35. The number of allylic oxidation sites excluding steroid dienone is 4. The Morgan fingerprint density at radius 3 is 1.74 bits per heavy atom. The van der Waals surface area contributed by atoms with Gasteiger partial charge < -0.3 is 0 Å². The summed E-state index contributed by atoms with van der Waals surface area (Å²) in [5.74, 6) is -0.0436. The number of hydrogen-bond acceptors (Lipinski definition) is 1. The van der Waals surface area contributed by atoms with Gasteiger partial charge in [0, 0.05) is 17.1 Å². The van der Waals surface area contributed by atoms with Crippen molar-refractivity contribution in [3.63, 3.8) is 0 Å². The highest BCUT2D eigenvalue weighted by molar-refractivity contribution is 6.11. The molecule has 4 rings (SSSR count). The molecule has 1 heteroatoms. The quantitative estimate of drug-likeness (QED) is 0.298. The Balaban J connectivity index is 1.94. The van der Waals surface area contributed by atoms with Gasteiger partial charge in [0.25, 0.3) is 0 Å². The number of rotatable bonds is 5. The fourth-order valence-corrected chi connectivity index (χ4v) is 3.96. The number of hydrogen-bond donors (Lipinski definition) is 0. The van der Waals surface area contributed by atoms with Crippen molar-refractivity contribution >= 4 is 5.78 Å². The maximum absolute atomic E-state index is 13.2. The van der Waals surface area contributed by atoms with Crippen LogP contribution in [0.15, 0.2) is 115 Å². The first-order valence-corrected chi connectivity index (χ1v) is 9.03. The highest BCUT2D eigenvalue weighted by atomic mass is 16.1. The van der Waals surface area contributed by atoms with Gasteiger partial charge in [-0.2, -0.15) is 0 Å². The Labute approximate surface area is 160 Å². The number of carbonyl (C=O) groups is 1. The average molecular weight is 348 g/mol. The Kier molecular flexibility index (Phi) is 4.43. The summed E-state index contributed by atoms with van der Waals surface area (Å²) in [4.78, 5) is 13.2. The third kappa shape index (κ3) is 2.78. The first-order valence-electron chi connectivity index (χ1n) is 9.03. The second kappa shape index (κ2) is 7.05. The van der Waals surface area contributed by atoms with E-state index in [1.165, 1.54) is 22.3 Å². The van der Waals surface area contributed by atoms with E-state index in [0.717, 1.165) is 5.57 Å². The molecule has 3 aromatic rings. The fourth-order valence-electron chi connectivity index (χ4n) is 3.96. The van der Waals surface area contributed by atoms with Crippen LogP contribution in [-0.2, 0) is 0 Å². The van der Waals surface area contributed by atoms with Crippen molar-refractivity contribution in [2.24, 2.45) is 0 Å². The number of benzene rings is 3. The largest absolute Gasteiger partial charge is 0.289 e. The van der Waals surface area contributed by atoms with Gasteiger partial charge in [0.1, 0.15) is 0 Å². The molecule has 0 saturated carbocycles. The minimum Gasteiger partial charge on any atom is -0.289 e. The molecule has 0 radical (unpaired) electrons. The first-order chi connectivity index (χ1) is 13.3. The Morgan fingerprint density at radius 2 is 1.22 bits per heavy atom. The third-order valence-electron chi connectivity index (χ3n) is 5.16. The lowest BCUT2D eigenvalue weighted by Crippen LogP contribution is -2.09. The molecule has 3 aromatic carbocycles. The molecule has 0 fully saturated rings. The zero-order valence-corrected chi connectivity index (χ0v) is 15.1. The lowest BCUT2D eigenvalue weighted by molar-refractivity contribution is 0.103. The van der Waals surface area contributed by atoms with E-state index < -0.39 is 0 Å².